The number of likely N-dealkylation sites (tertiary alicyclic amines) is 1. The average molecular weight is 365 g/mol. The molecular formula is C18H23NO5S. The van der Waals surface area contributed by atoms with E-state index < -0.39 is 15.3 Å². The number of methoxy groups -OCH3 is 1. The number of carbonyl (C=O) groups excluding carboxylic acids is 2. The summed E-state index contributed by atoms with van der Waals surface area (Å²) in [6.07, 6.45) is 1.80. The van der Waals surface area contributed by atoms with Crippen molar-refractivity contribution in [3.8, 4) is 0 Å². The second-order valence-corrected chi connectivity index (χ2v) is 9.87. The fourth-order valence-corrected chi connectivity index (χ4v) is 5.24. The van der Waals surface area contributed by atoms with Crippen molar-refractivity contribution in [1.29, 1.82) is 0 Å². The Bertz CT molecular complexity index is 845. The summed E-state index contributed by atoms with van der Waals surface area (Å²) in [7, 11) is -2.01. The lowest BCUT2D eigenvalue weighted by molar-refractivity contribution is -0.174. The van der Waals surface area contributed by atoms with Gasteiger partial charge >= 0.3 is 5.97 Å². The molecule has 0 unspecified atom stereocenters. The Morgan fingerprint density at radius 3 is 2.52 bits per heavy atom. The zero-order chi connectivity index (χ0) is 18.6. The van der Waals surface area contributed by atoms with Crippen molar-refractivity contribution in [2.75, 3.05) is 26.5 Å². The summed E-state index contributed by atoms with van der Waals surface area (Å²) in [6.45, 7) is 4.98. The molecule has 2 fully saturated rings. The van der Waals surface area contributed by atoms with Gasteiger partial charge in [0.25, 0.3) is 5.91 Å². The molecule has 6 nitrogen and oxygen atoms in total. The molecule has 1 aromatic carbocycles. The summed E-state index contributed by atoms with van der Waals surface area (Å²) < 4.78 is 28.4. The fourth-order valence-electron chi connectivity index (χ4n) is 4.57. The molecule has 1 aromatic rings. The van der Waals surface area contributed by atoms with E-state index in [9.17, 15) is 18.0 Å². The molecule has 1 saturated heterocycles. The van der Waals surface area contributed by atoms with Crippen LogP contribution >= 0.6 is 0 Å². The van der Waals surface area contributed by atoms with E-state index in [1.165, 1.54) is 19.2 Å². The smallest absolute Gasteiger partial charge is 0.314 e. The van der Waals surface area contributed by atoms with Gasteiger partial charge in [0.2, 0.25) is 0 Å². The van der Waals surface area contributed by atoms with Crippen LogP contribution in [-0.4, -0.2) is 51.6 Å². The van der Waals surface area contributed by atoms with Gasteiger partial charge in [-0.2, -0.15) is 0 Å². The molecule has 25 heavy (non-hydrogen) atoms. The Hall–Kier alpha value is -1.89. The topological polar surface area (TPSA) is 80.8 Å². The maximum Gasteiger partial charge on any atom is 0.314 e. The summed E-state index contributed by atoms with van der Waals surface area (Å²) in [5, 5.41) is 0. The molecule has 136 valence electrons. The van der Waals surface area contributed by atoms with Crippen molar-refractivity contribution in [2.24, 2.45) is 16.7 Å². The lowest BCUT2D eigenvalue weighted by atomic mass is 9.48. The highest BCUT2D eigenvalue weighted by Crippen LogP contribution is 2.63. The summed E-state index contributed by atoms with van der Waals surface area (Å²) in [6, 6.07) is 6.04. The summed E-state index contributed by atoms with van der Waals surface area (Å²) in [4.78, 5) is 27.0. The van der Waals surface area contributed by atoms with Gasteiger partial charge in [-0.25, -0.2) is 8.42 Å². The van der Waals surface area contributed by atoms with Crippen molar-refractivity contribution >= 4 is 21.7 Å². The molecule has 0 aromatic heterocycles. The van der Waals surface area contributed by atoms with Crippen LogP contribution in [0.3, 0.4) is 0 Å². The van der Waals surface area contributed by atoms with Crippen LogP contribution in [0, 0.1) is 16.7 Å². The molecule has 3 rings (SSSR count). The molecule has 0 bridgehead atoms. The number of hydrogen-bond donors (Lipinski definition) is 0. The van der Waals surface area contributed by atoms with Crippen LogP contribution in [0.1, 0.15) is 30.6 Å². The molecule has 0 spiro atoms. The molecule has 1 amide bonds. The van der Waals surface area contributed by atoms with Crippen LogP contribution in [0.2, 0.25) is 0 Å². The third-order valence-corrected chi connectivity index (χ3v) is 6.76. The number of carbonyl (C=O) groups is 2. The predicted octanol–water partition coefficient (Wildman–Crippen LogP) is 1.75. The molecule has 1 aliphatic carbocycles. The Morgan fingerprint density at radius 2 is 1.96 bits per heavy atom. The van der Waals surface area contributed by atoms with Crippen molar-refractivity contribution < 1.29 is 22.7 Å². The van der Waals surface area contributed by atoms with Gasteiger partial charge < -0.3 is 9.64 Å². The monoisotopic (exact) mass is 365 g/mol. The van der Waals surface area contributed by atoms with E-state index in [1.54, 1.807) is 17.0 Å². The largest absolute Gasteiger partial charge is 0.469 e. The number of rotatable bonds is 3. The first-order chi connectivity index (χ1) is 11.5. The molecule has 0 radical (unpaired) electrons. The molecular weight excluding hydrogens is 342 g/mol. The van der Waals surface area contributed by atoms with E-state index in [-0.39, 0.29) is 28.1 Å². The summed E-state index contributed by atoms with van der Waals surface area (Å²) in [5.41, 5.74) is -0.345. The minimum absolute atomic E-state index is 0.0299. The van der Waals surface area contributed by atoms with Crippen LogP contribution in [0.25, 0.3) is 0 Å². The molecule has 1 heterocycles. The first-order valence-corrected chi connectivity index (χ1v) is 10.1. The van der Waals surface area contributed by atoms with E-state index in [4.69, 9.17) is 4.74 Å². The van der Waals surface area contributed by atoms with Crippen LogP contribution < -0.4 is 0 Å². The number of hydrogen-bond acceptors (Lipinski definition) is 5. The van der Waals surface area contributed by atoms with Crippen molar-refractivity contribution in [3.05, 3.63) is 29.8 Å². The van der Waals surface area contributed by atoms with Crippen molar-refractivity contribution in [3.63, 3.8) is 0 Å². The van der Waals surface area contributed by atoms with E-state index in [0.29, 0.717) is 25.1 Å². The Morgan fingerprint density at radius 1 is 1.28 bits per heavy atom. The zero-order valence-corrected chi connectivity index (χ0v) is 15.7. The van der Waals surface area contributed by atoms with Crippen LogP contribution in [0.15, 0.2) is 29.2 Å². The number of nitrogens with zero attached hydrogens (tertiary/aromatic N) is 1. The normalized spacial score (nSPS) is 27.4. The number of esters is 1. The lowest BCUT2D eigenvalue weighted by Crippen LogP contribution is -2.57. The Labute approximate surface area is 148 Å². The Kier molecular flexibility index (Phi) is 3.98. The number of benzene rings is 1. The van der Waals surface area contributed by atoms with Gasteiger partial charge in [0, 0.05) is 24.9 Å². The van der Waals surface area contributed by atoms with E-state index in [2.05, 4.69) is 13.8 Å². The number of fused-ring (bicyclic) bond motifs is 1. The second kappa shape index (κ2) is 5.56. The maximum atomic E-state index is 12.9. The van der Waals surface area contributed by atoms with E-state index in [0.717, 1.165) is 6.26 Å². The van der Waals surface area contributed by atoms with Gasteiger partial charge in [-0.15, -0.1) is 0 Å². The standard InChI is InChI=1S/C18H23NO5S/c1-17(2)10-18(16(21)24-3)11-19(9-14(17)18)15(20)12-6-5-7-13(8-12)25(4,22)23/h5-8,14H,9-11H2,1-4H3/t14-,18+/m1/s1. The molecule has 2 atom stereocenters. The third kappa shape index (κ3) is 2.74. The number of sulfone groups is 1. The minimum atomic E-state index is -3.38. The third-order valence-electron chi connectivity index (χ3n) is 5.65. The quantitative estimate of drug-likeness (QED) is 0.763. The van der Waals surface area contributed by atoms with Gasteiger partial charge in [-0.3, -0.25) is 9.59 Å². The fraction of sp³-hybridized carbons (Fsp3) is 0.556. The highest BCUT2D eigenvalue weighted by atomic mass is 32.2. The highest BCUT2D eigenvalue weighted by Gasteiger charge is 2.68. The second-order valence-electron chi connectivity index (χ2n) is 7.85. The van der Waals surface area contributed by atoms with Gasteiger partial charge in [-0.1, -0.05) is 19.9 Å². The van der Waals surface area contributed by atoms with Crippen LogP contribution in [0.4, 0.5) is 0 Å². The van der Waals surface area contributed by atoms with Crippen LogP contribution in [-0.2, 0) is 19.4 Å². The summed E-state index contributed by atoms with van der Waals surface area (Å²) >= 11 is 0. The summed E-state index contributed by atoms with van der Waals surface area (Å²) in [5.74, 6) is -0.467. The van der Waals surface area contributed by atoms with Crippen LogP contribution in [0.5, 0.6) is 0 Å². The molecule has 0 N–H and O–H groups in total. The Balaban J connectivity index is 1.89. The van der Waals surface area contributed by atoms with Gasteiger partial charge in [0.15, 0.2) is 9.84 Å². The van der Waals surface area contributed by atoms with Gasteiger partial charge in [0.05, 0.1) is 17.4 Å². The molecule has 2 aliphatic rings. The minimum Gasteiger partial charge on any atom is -0.469 e. The zero-order valence-electron chi connectivity index (χ0n) is 14.9. The highest BCUT2D eigenvalue weighted by molar-refractivity contribution is 7.90. The number of ether oxygens (including phenoxy) is 1. The van der Waals surface area contributed by atoms with E-state index >= 15 is 0 Å². The molecule has 1 saturated carbocycles. The first-order valence-electron chi connectivity index (χ1n) is 8.19. The van der Waals surface area contributed by atoms with Gasteiger partial charge in [0.1, 0.15) is 0 Å². The van der Waals surface area contributed by atoms with E-state index in [1.807, 2.05) is 0 Å². The maximum absolute atomic E-state index is 12.9. The molecule has 1 aliphatic heterocycles. The SMILES string of the molecule is COC(=O)[C@@]12CN(C(=O)c3cccc(S(C)(=O)=O)c3)C[C@@H]1C(C)(C)C2. The van der Waals surface area contributed by atoms with Crippen molar-refractivity contribution in [1.82, 2.24) is 4.90 Å². The van der Waals surface area contributed by atoms with Crippen molar-refractivity contribution in [2.45, 2.75) is 25.2 Å². The first kappa shape index (κ1) is 17.9. The number of amides is 1. The molecule has 7 heteroatoms. The average Bonchev–Trinajstić information content (AvgIpc) is 2.88. The van der Waals surface area contributed by atoms with Gasteiger partial charge in [-0.05, 0) is 36.0 Å². The predicted molar refractivity (Wildman–Crippen MR) is 91.8 cm³/mol. The lowest BCUT2D eigenvalue weighted by Gasteiger charge is -2.54.